The molecule has 0 saturated carbocycles. The van der Waals surface area contributed by atoms with Gasteiger partial charge in [0.15, 0.2) is 0 Å². The van der Waals surface area contributed by atoms with Gasteiger partial charge in [-0.15, -0.1) is 0 Å². The molecule has 0 radical (unpaired) electrons. The molecule has 0 unspecified atom stereocenters. The van der Waals surface area contributed by atoms with E-state index in [1.807, 2.05) is 52.3 Å². The van der Waals surface area contributed by atoms with Gasteiger partial charge < -0.3 is 9.80 Å². The molecule has 0 bridgehead atoms. The molecule has 0 aliphatic rings. The van der Waals surface area contributed by atoms with E-state index < -0.39 is 0 Å². The highest BCUT2D eigenvalue weighted by molar-refractivity contribution is 5.45. The molecule has 1 aromatic heterocycles. The SMILES string of the molecule is Cc1ccc(N(C)C)cc1.Cc1ccc(N(C)C)nc1. The van der Waals surface area contributed by atoms with Gasteiger partial charge in [0.05, 0.1) is 0 Å². The Morgan fingerprint density at radius 1 is 0.700 bits per heavy atom. The van der Waals surface area contributed by atoms with Gasteiger partial charge >= 0.3 is 0 Å². The molecule has 3 nitrogen and oxygen atoms in total. The van der Waals surface area contributed by atoms with Crippen molar-refractivity contribution < 1.29 is 0 Å². The van der Waals surface area contributed by atoms with Gasteiger partial charge in [0.25, 0.3) is 0 Å². The Balaban J connectivity index is 0.000000200. The van der Waals surface area contributed by atoms with Crippen LogP contribution in [-0.4, -0.2) is 33.2 Å². The van der Waals surface area contributed by atoms with E-state index in [9.17, 15) is 0 Å². The van der Waals surface area contributed by atoms with Crippen LogP contribution < -0.4 is 9.80 Å². The van der Waals surface area contributed by atoms with Crippen molar-refractivity contribution in [2.45, 2.75) is 13.8 Å². The smallest absolute Gasteiger partial charge is 0.127 e. The summed E-state index contributed by atoms with van der Waals surface area (Å²) >= 11 is 0. The van der Waals surface area contributed by atoms with Crippen LogP contribution in [0.5, 0.6) is 0 Å². The molecule has 0 N–H and O–H groups in total. The zero-order valence-corrected chi connectivity index (χ0v) is 13.4. The van der Waals surface area contributed by atoms with Crippen LogP contribution in [0.15, 0.2) is 42.6 Å². The predicted octanol–water partition coefficient (Wildman–Crippen LogP) is 3.52. The zero-order valence-electron chi connectivity index (χ0n) is 13.4. The molecule has 0 aliphatic heterocycles. The van der Waals surface area contributed by atoms with Crippen molar-refractivity contribution >= 4 is 11.5 Å². The van der Waals surface area contributed by atoms with Crippen LogP contribution in [0.4, 0.5) is 11.5 Å². The van der Waals surface area contributed by atoms with Gasteiger partial charge in [-0.2, -0.15) is 0 Å². The molecule has 0 spiro atoms. The molecular weight excluding hydrogens is 246 g/mol. The third kappa shape index (κ3) is 5.31. The highest BCUT2D eigenvalue weighted by Gasteiger charge is 1.92. The van der Waals surface area contributed by atoms with Crippen LogP contribution >= 0.6 is 0 Å². The first kappa shape index (κ1) is 16.0. The summed E-state index contributed by atoms with van der Waals surface area (Å²) < 4.78 is 0. The van der Waals surface area contributed by atoms with Crippen LogP contribution in [0, 0.1) is 13.8 Å². The lowest BCUT2D eigenvalue weighted by atomic mass is 10.2. The molecule has 3 heteroatoms. The second-order valence-electron chi connectivity index (χ2n) is 5.32. The Kier molecular flexibility index (Phi) is 6.04. The lowest BCUT2D eigenvalue weighted by molar-refractivity contribution is 1.06. The van der Waals surface area contributed by atoms with E-state index in [4.69, 9.17) is 0 Å². The molecule has 0 saturated heterocycles. The van der Waals surface area contributed by atoms with Crippen molar-refractivity contribution in [1.29, 1.82) is 0 Å². The average molecular weight is 271 g/mol. The highest BCUT2D eigenvalue weighted by Crippen LogP contribution is 2.10. The van der Waals surface area contributed by atoms with Crippen LogP contribution in [0.25, 0.3) is 0 Å². The standard InChI is InChI=1S/C9H13N.C8H12N2/c1-8-4-6-9(7-5-8)10(2)3;1-7-4-5-8(9-6-7)10(2)3/h4-7H,1-3H3;4-6H,1-3H3. The molecule has 2 rings (SSSR count). The van der Waals surface area contributed by atoms with Gasteiger partial charge in [0.2, 0.25) is 0 Å². The quantitative estimate of drug-likeness (QED) is 0.833. The number of benzene rings is 1. The Bertz CT molecular complexity index is 449. The normalized spacial score (nSPS) is 9.50. The topological polar surface area (TPSA) is 19.4 Å². The van der Waals surface area contributed by atoms with Gasteiger partial charge in [0, 0.05) is 40.1 Å². The Labute approximate surface area is 122 Å². The summed E-state index contributed by atoms with van der Waals surface area (Å²) in [4.78, 5) is 8.29. The molecule has 0 aliphatic carbocycles. The van der Waals surface area contributed by atoms with E-state index in [1.165, 1.54) is 16.8 Å². The third-order valence-corrected chi connectivity index (χ3v) is 2.90. The number of rotatable bonds is 2. The van der Waals surface area contributed by atoms with Gasteiger partial charge in [0.1, 0.15) is 5.82 Å². The third-order valence-electron chi connectivity index (χ3n) is 2.90. The number of hydrogen-bond donors (Lipinski definition) is 0. The fourth-order valence-electron chi connectivity index (χ4n) is 1.57. The first-order valence-corrected chi connectivity index (χ1v) is 6.74. The van der Waals surface area contributed by atoms with Crippen LogP contribution in [0.3, 0.4) is 0 Å². The van der Waals surface area contributed by atoms with Crippen LogP contribution in [0.2, 0.25) is 0 Å². The molecule has 108 valence electrons. The van der Waals surface area contributed by atoms with Gasteiger partial charge in [-0.3, -0.25) is 0 Å². The Morgan fingerprint density at radius 2 is 1.25 bits per heavy atom. The molecule has 1 heterocycles. The minimum atomic E-state index is 1.01. The number of nitrogens with zero attached hydrogens (tertiary/aromatic N) is 3. The van der Waals surface area contributed by atoms with Gasteiger partial charge in [-0.25, -0.2) is 4.98 Å². The maximum absolute atomic E-state index is 4.20. The van der Waals surface area contributed by atoms with Crippen molar-refractivity contribution in [3.8, 4) is 0 Å². The summed E-state index contributed by atoms with van der Waals surface area (Å²) in [7, 11) is 8.06. The maximum atomic E-state index is 4.20. The number of anilines is 2. The number of hydrogen-bond acceptors (Lipinski definition) is 3. The molecule has 20 heavy (non-hydrogen) atoms. The second kappa shape index (κ2) is 7.53. The molecular formula is C17H25N3. The van der Waals surface area contributed by atoms with Crippen LogP contribution in [0.1, 0.15) is 11.1 Å². The summed E-state index contributed by atoms with van der Waals surface area (Å²) in [5.74, 6) is 1.01. The highest BCUT2D eigenvalue weighted by atomic mass is 15.1. The van der Waals surface area contributed by atoms with Crippen molar-refractivity contribution in [1.82, 2.24) is 4.98 Å². The number of pyridine rings is 1. The van der Waals surface area contributed by atoms with Crippen LogP contribution in [-0.2, 0) is 0 Å². The van der Waals surface area contributed by atoms with E-state index in [1.54, 1.807) is 0 Å². The van der Waals surface area contributed by atoms with Gasteiger partial charge in [-0.1, -0.05) is 23.8 Å². The largest absolute Gasteiger partial charge is 0.378 e. The van der Waals surface area contributed by atoms with Crippen molar-refractivity contribution in [3.05, 3.63) is 53.7 Å². The minimum Gasteiger partial charge on any atom is -0.378 e. The number of aryl methyl sites for hydroxylation is 2. The van der Waals surface area contributed by atoms with E-state index in [0.717, 1.165) is 5.82 Å². The zero-order chi connectivity index (χ0) is 15.1. The Hall–Kier alpha value is -2.03. The predicted molar refractivity (Wildman–Crippen MR) is 88.8 cm³/mol. The molecule has 0 amide bonds. The van der Waals surface area contributed by atoms with Crippen molar-refractivity contribution in [2.75, 3.05) is 38.0 Å². The lowest BCUT2D eigenvalue weighted by Crippen LogP contribution is -2.09. The Morgan fingerprint density at radius 3 is 1.65 bits per heavy atom. The monoisotopic (exact) mass is 271 g/mol. The fraction of sp³-hybridized carbons (Fsp3) is 0.353. The molecule has 0 fully saturated rings. The average Bonchev–Trinajstić information content (AvgIpc) is 2.40. The fourth-order valence-corrected chi connectivity index (χ4v) is 1.57. The number of aromatic nitrogens is 1. The molecule has 2 aromatic rings. The summed E-state index contributed by atoms with van der Waals surface area (Å²) in [6.45, 7) is 4.13. The first-order valence-electron chi connectivity index (χ1n) is 6.74. The van der Waals surface area contributed by atoms with E-state index in [-0.39, 0.29) is 0 Å². The summed E-state index contributed by atoms with van der Waals surface area (Å²) in [6, 6.07) is 12.5. The first-order chi connectivity index (χ1) is 9.40. The molecule has 1 aromatic carbocycles. The van der Waals surface area contributed by atoms with E-state index in [2.05, 4.69) is 47.1 Å². The summed E-state index contributed by atoms with van der Waals surface area (Å²) in [5, 5.41) is 0. The van der Waals surface area contributed by atoms with Crippen molar-refractivity contribution in [2.24, 2.45) is 0 Å². The summed E-state index contributed by atoms with van der Waals surface area (Å²) in [5.41, 5.74) is 3.77. The summed E-state index contributed by atoms with van der Waals surface area (Å²) in [6.07, 6.45) is 1.87. The van der Waals surface area contributed by atoms with E-state index >= 15 is 0 Å². The van der Waals surface area contributed by atoms with Crippen molar-refractivity contribution in [3.63, 3.8) is 0 Å². The van der Waals surface area contributed by atoms with Gasteiger partial charge in [-0.05, 0) is 37.6 Å². The second-order valence-corrected chi connectivity index (χ2v) is 5.32. The lowest BCUT2D eigenvalue weighted by Gasteiger charge is -2.11. The van der Waals surface area contributed by atoms with E-state index in [0.29, 0.717) is 0 Å². The molecule has 0 atom stereocenters. The minimum absolute atomic E-state index is 1.01. The maximum Gasteiger partial charge on any atom is 0.127 e.